The van der Waals surface area contributed by atoms with E-state index >= 15 is 0 Å². The Morgan fingerprint density at radius 1 is 1.16 bits per heavy atom. The number of hydrogen-bond donors (Lipinski definition) is 1. The monoisotopic (exact) mass is 263 g/mol. The molecule has 1 aromatic carbocycles. The molecule has 0 saturated heterocycles. The molecule has 0 atom stereocenters. The molecule has 0 radical (unpaired) electrons. The molecule has 0 spiro atoms. The Hall–Kier alpha value is -1.51. The number of anilines is 1. The first kappa shape index (κ1) is 15.5. The Morgan fingerprint density at radius 3 is 2.63 bits per heavy atom. The normalized spacial score (nSPS) is 10.4. The first-order valence-corrected chi connectivity index (χ1v) is 7.22. The minimum atomic E-state index is -0.167. The van der Waals surface area contributed by atoms with Crippen LogP contribution in [0.5, 0.6) is 0 Å². The van der Waals surface area contributed by atoms with E-state index in [2.05, 4.69) is 6.92 Å². The van der Waals surface area contributed by atoms with Gasteiger partial charge in [-0.2, -0.15) is 0 Å². The quantitative estimate of drug-likeness (QED) is 0.420. The number of ether oxygens (including phenoxy) is 1. The zero-order valence-corrected chi connectivity index (χ0v) is 11.9. The Labute approximate surface area is 116 Å². The maximum Gasteiger partial charge on any atom is 0.310 e. The summed E-state index contributed by atoms with van der Waals surface area (Å²) in [6, 6.07) is 7.37. The summed E-state index contributed by atoms with van der Waals surface area (Å²) in [5.41, 5.74) is 7.25. The van der Waals surface area contributed by atoms with Crippen molar-refractivity contribution in [1.82, 2.24) is 0 Å². The molecular weight excluding hydrogens is 238 g/mol. The van der Waals surface area contributed by atoms with E-state index in [1.54, 1.807) is 0 Å². The fourth-order valence-corrected chi connectivity index (χ4v) is 1.99. The van der Waals surface area contributed by atoms with Crippen molar-refractivity contribution in [2.75, 3.05) is 12.3 Å². The highest BCUT2D eigenvalue weighted by Gasteiger charge is 2.04. The highest BCUT2D eigenvalue weighted by molar-refractivity contribution is 5.72. The second-order valence-corrected chi connectivity index (χ2v) is 4.91. The van der Waals surface area contributed by atoms with E-state index in [4.69, 9.17) is 10.5 Å². The van der Waals surface area contributed by atoms with Crippen LogP contribution in [0.2, 0.25) is 0 Å². The number of hydrogen-bond acceptors (Lipinski definition) is 3. The van der Waals surface area contributed by atoms with Gasteiger partial charge >= 0.3 is 5.97 Å². The van der Waals surface area contributed by atoms with Crippen molar-refractivity contribution in [2.24, 2.45) is 0 Å². The molecule has 3 nitrogen and oxygen atoms in total. The zero-order valence-electron chi connectivity index (χ0n) is 11.9. The van der Waals surface area contributed by atoms with E-state index in [-0.39, 0.29) is 5.97 Å². The molecule has 1 aromatic rings. The van der Waals surface area contributed by atoms with Gasteiger partial charge in [-0.25, -0.2) is 0 Å². The predicted octanol–water partition coefficient (Wildman–Crippen LogP) is 3.72. The van der Waals surface area contributed by atoms with Gasteiger partial charge in [0.25, 0.3) is 0 Å². The summed E-state index contributed by atoms with van der Waals surface area (Å²) >= 11 is 0. The van der Waals surface area contributed by atoms with E-state index in [9.17, 15) is 4.79 Å². The third-order valence-electron chi connectivity index (χ3n) is 3.06. The fraction of sp³-hybridized carbons (Fsp3) is 0.562. The molecule has 19 heavy (non-hydrogen) atoms. The maximum absolute atomic E-state index is 11.6. The second kappa shape index (κ2) is 9.42. The van der Waals surface area contributed by atoms with Crippen molar-refractivity contribution in [3.8, 4) is 0 Å². The molecule has 3 heteroatoms. The summed E-state index contributed by atoms with van der Waals surface area (Å²) in [7, 11) is 0. The fourth-order valence-electron chi connectivity index (χ4n) is 1.99. The Bertz CT molecular complexity index is 377. The molecule has 0 aliphatic carbocycles. The van der Waals surface area contributed by atoms with Gasteiger partial charge in [-0.3, -0.25) is 4.79 Å². The molecule has 0 bridgehead atoms. The van der Waals surface area contributed by atoms with Crippen LogP contribution in [0.1, 0.15) is 51.0 Å². The summed E-state index contributed by atoms with van der Waals surface area (Å²) in [6.45, 7) is 2.74. The average Bonchev–Trinajstić information content (AvgIpc) is 2.37. The summed E-state index contributed by atoms with van der Waals surface area (Å²) in [6.07, 6.45) is 7.50. The highest BCUT2D eigenvalue weighted by Crippen LogP contribution is 2.08. The van der Waals surface area contributed by atoms with Gasteiger partial charge in [-0.05, 0) is 24.1 Å². The van der Waals surface area contributed by atoms with Gasteiger partial charge in [0.15, 0.2) is 0 Å². The maximum atomic E-state index is 11.6. The largest absolute Gasteiger partial charge is 0.465 e. The summed E-state index contributed by atoms with van der Waals surface area (Å²) in [5, 5.41) is 0. The SMILES string of the molecule is CCCCCCCCOC(=O)Cc1cccc(N)c1. The Balaban J connectivity index is 2.08. The topological polar surface area (TPSA) is 52.3 Å². The number of esters is 1. The van der Waals surface area contributed by atoms with E-state index in [1.165, 1.54) is 25.7 Å². The third kappa shape index (κ3) is 7.50. The first-order valence-electron chi connectivity index (χ1n) is 7.22. The molecule has 0 amide bonds. The summed E-state index contributed by atoms with van der Waals surface area (Å²) < 4.78 is 5.21. The smallest absolute Gasteiger partial charge is 0.310 e. The van der Waals surface area contributed by atoms with Crippen molar-refractivity contribution < 1.29 is 9.53 Å². The van der Waals surface area contributed by atoms with Gasteiger partial charge in [-0.15, -0.1) is 0 Å². The van der Waals surface area contributed by atoms with Gasteiger partial charge in [-0.1, -0.05) is 51.2 Å². The van der Waals surface area contributed by atoms with Gasteiger partial charge in [0.05, 0.1) is 13.0 Å². The van der Waals surface area contributed by atoms with Crippen molar-refractivity contribution in [3.05, 3.63) is 29.8 Å². The van der Waals surface area contributed by atoms with Gasteiger partial charge in [0, 0.05) is 5.69 Å². The molecule has 0 heterocycles. The number of nitrogens with two attached hydrogens (primary N) is 1. The van der Waals surface area contributed by atoms with Crippen LogP contribution >= 0.6 is 0 Å². The predicted molar refractivity (Wildman–Crippen MR) is 78.9 cm³/mol. The highest BCUT2D eigenvalue weighted by atomic mass is 16.5. The molecule has 0 aromatic heterocycles. The van der Waals surface area contributed by atoms with Crippen molar-refractivity contribution in [3.63, 3.8) is 0 Å². The zero-order chi connectivity index (χ0) is 13.9. The molecule has 2 N–H and O–H groups in total. The standard InChI is InChI=1S/C16H25NO2/c1-2-3-4-5-6-7-11-19-16(18)13-14-9-8-10-15(17)12-14/h8-10,12H,2-7,11,13,17H2,1H3. The van der Waals surface area contributed by atoms with E-state index in [0.717, 1.165) is 18.4 Å². The van der Waals surface area contributed by atoms with Crippen LogP contribution in [0, 0.1) is 0 Å². The summed E-state index contributed by atoms with van der Waals surface area (Å²) in [5.74, 6) is -0.167. The van der Waals surface area contributed by atoms with Crippen LogP contribution in [0.15, 0.2) is 24.3 Å². The number of carbonyl (C=O) groups is 1. The van der Waals surface area contributed by atoms with Crippen LogP contribution in [0.25, 0.3) is 0 Å². The lowest BCUT2D eigenvalue weighted by Gasteiger charge is -2.05. The third-order valence-corrected chi connectivity index (χ3v) is 3.06. The first-order chi connectivity index (χ1) is 9.22. The number of carbonyl (C=O) groups excluding carboxylic acids is 1. The lowest BCUT2D eigenvalue weighted by Crippen LogP contribution is -2.09. The van der Waals surface area contributed by atoms with Gasteiger partial charge in [0.2, 0.25) is 0 Å². The molecule has 0 unspecified atom stereocenters. The number of benzene rings is 1. The molecule has 0 saturated carbocycles. The molecule has 0 aliphatic heterocycles. The van der Waals surface area contributed by atoms with Crippen LogP contribution < -0.4 is 5.73 Å². The van der Waals surface area contributed by atoms with Crippen molar-refractivity contribution >= 4 is 11.7 Å². The number of rotatable bonds is 9. The van der Waals surface area contributed by atoms with Crippen LogP contribution in [0.4, 0.5) is 5.69 Å². The van der Waals surface area contributed by atoms with Gasteiger partial charge < -0.3 is 10.5 Å². The van der Waals surface area contributed by atoms with Crippen LogP contribution in [0.3, 0.4) is 0 Å². The molecule has 0 fully saturated rings. The van der Waals surface area contributed by atoms with E-state index in [1.807, 2.05) is 24.3 Å². The Morgan fingerprint density at radius 2 is 1.89 bits per heavy atom. The molecule has 1 rings (SSSR count). The second-order valence-electron chi connectivity index (χ2n) is 4.91. The molecular formula is C16H25NO2. The van der Waals surface area contributed by atoms with E-state index < -0.39 is 0 Å². The van der Waals surface area contributed by atoms with Crippen LogP contribution in [-0.2, 0) is 16.0 Å². The van der Waals surface area contributed by atoms with Crippen molar-refractivity contribution in [2.45, 2.75) is 51.9 Å². The van der Waals surface area contributed by atoms with E-state index in [0.29, 0.717) is 18.7 Å². The number of nitrogen functional groups attached to an aromatic ring is 1. The number of unbranched alkanes of at least 4 members (excludes halogenated alkanes) is 5. The van der Waals surface area contributed by atoms with Crippen molar-refractivity contribution in [1.29, 1.82) is 0 Å². The lowest BCUT2D eigenvalue weighted by molar-refractivity contribution is -0.142. The molecule has 106 valence electrons. The summed E-state index contributed by atoms with van der Waals surface area (Å²) in [4.78, 5) is 11.6. The minimum absolute atomic E-state index is 0.167. The van der Waals surface area contributed by atoms with Crippen LogP contribution in [-0.4, -0.2) is 12.6 Å². The molecule has 0 aliphatic rings. The average molecular weight is 263 g/mol. The van der Waals surface area contributed by atoms with Gasteiger partial charge in [0.1, 0.15) is 0 Å². The minimum Gasteiger partial charge on any atom is -0.465 e. The lowest BCUT2D eigenvalue weighted by atomic mass is 10.1. The Kier molecular flexibility index (Phi) is 7.71.